The van der Waals surface area contributed by atoms with E-state index >= 15 is 0 Å². The van der Waals surface area contributed by atoms with E-state index in [2.05, 4.69) is 5.32 Å². The molecular weight excluding hydrogens is 363 g/mol. The maximum absolute atomic E-state index is 12.3. The van der Waals surface area contributed by atoms with Crippen molar-refractivity contribution in [1.29, 1.82) is 0 Å². The summed E-state index contributed by atoms with van der Waals surface area (Å²) in [7, 11) is 0. The molecule has 2 amide bonds. The molecule has 2 saturated heterocycles. The predicted molar refractivity (Wildman–Crippen MR) is 87.7 cm³/mol. The molecule has 0 spiro atoms. The van der Waals surface area contributed by atoms with Crippen molar-refractivity contribution in [3.05, 3.63) is 0 Å². The van der Waals surface area contributed by atoms with Crippen molar-refractivity contribution >= 4 is 52.7 Å². The molecule has 2 N–H and O–H groups in total. The van der Waals surface area contributed by atoms with Gasteiger partial charge in [0.15, 0.2) is 0 Å². The SMILES string of the molecule is CC1(C)S[C@@H]2[C@H](NC(=O)C3CC(Cl)C(Cl)C3)C(=O)N2[C@H]1C(=O)O. The lowest BCUT2D eigenvalue weighted by molar-refractivity contribution is -0.161. The third-order valence-corrected chi connectivity index (χ3v) is 7.42. The lowest BCUT2D eigenvalue weighted by atomic mass is 9.95. The predicted octanol–water partition coefficient (Wildman–Crippen LogP) is 1.24. The Morgan fingerprint density at radius 1 is 1.30 bits per heavy atom. The van der Waals surface area contributed by atoms with Gasteiger partial charge in [-0.15, -0.1) is 35.0 Å². The van der Waals surface area contributed by atoms with Crippen LogP contribution in [0.5, 0.6) is 0 Å². The van der Waals surface area contributed by atoms with Gasteiger partial charge in [-0.3, -0.25) is 9.59 Å². The molecule has 5 atom stereocenters. The zero-order valence-electron chi connectivity index (χ0n) is 12.7. The zero-order valence-corrected chi connectivity index (χ0v) is 15.0. The number of alkyl halides is 2. The summed E-state index contributed by atoms with van der Waals surface area (Å²) >= 11 is 13.5. The molecule has 2 aliphatic heterocycles. The number of nitrogens with zero attached hydrogens (tertiary/aromatic N) is 1. The van der Waals surface area contributed by atoms with Crippen LogP contribution in [0.3, 0.4) is 0 Å². The maximum atomic E-state index is 12.3. The highest BCUT2D eigenvalue weighted by Crippen LogP contribution is 2.50. The summed E-state index contributed by atoms with van der Waals surface area (Å²) in [5.74, 6) is -1.88. The Morgan fingerprint density at radius 3 is 2.39 bits per heavy atom. The van der Waals surface area contributed by atoms with Gasteiger partial charge in [0.1, 0.15) is 17.5 Å². The second kappa shape index (κ2) is 5.70. The standard InChI is InChI=1S/C14H18Cl2N2O4S/c1-14(2)9(13(21)22)18-11(20)8(12(18)23-14)17-10(19)5-3-6(15)7(16)4-5/h5-9,12H,3-4H2,1-2H3,(H,17,19)(H,21,22)/t5?,6?,7?,8-,9+,12-/m1/s1. The van der Waals surface area contributed by atoms with E-state index in [-0.39, 0.29) is 33.9 Å². The Labute approximate surface area is 148 Å². The quantitative estimate of drug-likeness (QED) is 0.568. The minimum absolute atomic E-state index is 0.228. The van der Waals surface area contributed by atoms with Crippen molar-refractivity contribution < 1.29 is 19.5 Å². The molecule has 3 rings (SSSR count). The number of aliphatic carboxylic acids is 1. The fraction of sp³-hybridized carbons (Fsp3) is 0.786. The van der Waals surface area contributed by atoms with E-state index in [0.717, 1.165) is 0 Å². The molecule has 3 aliphatic rings. The van der Waals surface area contributed by atoms with Gasteiger partial charge in [-0.1, -0.05) is 0 Å². The summed E-state index contributed by atoms with van der Waals surface area (Å²) < 4.78 is -0.596. The van der Waals surface area contributed by atoms with Gasteiger partial charge in [0.2, 0.25) is 11.8 Å². The average Bonchev–Trinajstić information content (AvgIpc) is 2.91. The maximum Gasteiger partial charge on any atom is 0.327 e. The Balaban J connectivity index is 1.67. The van der Waals surface area contributed by atoms with E-state index in [1.807, 2.05) is 0 Å². The number of carbonyl (C=O) groups is 3. The van der Waals surface area contributed by atoms with Crippen molar-refractivity contribution in [2.75, 3.05) is 0 Å². The molecule has 0 aromatic heterocycles. The lowest BCUT2D eigenvalue weighted by Crippen LogP contribution is -2.71. The number of halogens is 2. The fourth-order valence-corrected chi connectivity index (χ4v) is 5.83. The first-order chi connectivity index (χ1) is 10.6. The number of β-lactam (4-membered cyclic amide) rings is 1. The summed E-state index contributed by atoms with van der Waals surface area (Å²) in [5.41, 5.74) is 0. The molecule has 0 aromatic carbocycles. The smallest absolute Gasteiger partial charge is 0.327 e. The monoisotopic (exact) mass is 380 g/mol. The number of hydrogen-bond donors (Lipinski definition) is 2. The molecule has 0 radical (unpaired) electrons. The second-order valence-corrected chi connectivity index (χ2v) is 9.68. The first-order valence-corrected chi connectivity index (χ1v) is 9.20. The third kappa shape index (κ3) is 2.70. The Hall–Kier alpha value is -0.660. The van der Waals surface area contributed by atoms with Crippen LogP contribution in [0, 0.1) is 5.92 Å². The van der Waals surface area contributed by atoms with E-state index < -0.39 is 22.8 Å². The molecule has 1 aliphatic carbocycles. The topological polar surface area (TPSA) is 86.7 Å². The first-order valence-electron chi connectivity index (χ1n) is 7.45. The zero-order chi connectivity index (χ0) is 17.1. The summed E-state index contributed by atoms with van der Waals surface area (Å²) in [4.78, 5) is 37.4. The number of hydrogen-bond acceptors (Lipinski definition) is 4. The third-order valence-electron chi connectivity index (χ3n) is 4.76. The van der Waals surface area contributed by atoms with E-state index in [4.69, 9.17) is 23.2 Å². The van der Waals surface area contributed by atoms with E-state index in [0.29, 0.717) is 12.8 Å². The van der Waals surface area contributed by atoms with Crippen LogP contribution in [0.2, 0.25) is 0 Å². The van der Waals surface area contributed by atoms with Crippen LogP contribution in [0.15, 0.2) is 0 Å². The van der Waals surface area contributed by atoms with Gasteiger partial charge in [-0.2, -0.15) is 0 Å². The second-order valence-electron chi connectivity index (χ2n) is 6.78. The normalized spacial score (nSPS) is 41.4. The minimum atomic E-state index is -1.02. The summed E-state index contributed by atoms with van der Waals surface area (Å²) in [6, 6.07) is -1.54. The van der Waals surface area contributed by atoms with Gasteiger partial charge < -0.3 is 15.3 Å². The molecule has 2 unspecified atom stereocenters. The minimum Gasteiger partial charge on any atom is -0.480 e. The Bertz CT molecular complexity index is 563. The van der Waals surface area contributed by atoms with Crippen LogP contribution < -0.4 is 5.32 Å². The molecule has 2 heterocycles. The highest BCUT2D eigenvalue weighted by atomic mass is 35.5. The average molecular weight is 381 g/mol. The summed E-state index contributed by atoms with van der Waals surface area (Å²) in [5, 5.41) is 11.3. The van der Waals surface area contributed by atoms with Gasteiger partial charge >= 0.3 is 5.97 Å². The van der Waals surface area contributed by atoms with Crippen LogP contribution in [-0.2, 0) is 14.4 Å². The van der Waals surface area contributed by atoms with Gasteiger partial charge in [-0.05, 0) is 26.7 Å². The molecule has 0 bridgehead atoms. The number of thioether (sulfide) groups is 1. The van der Waals surface area contributed by atoms with Crippen molar-refractivity contribution in [2.45, 2.75) is 59.6 Å². The van der Waals surface area contributed by atoms with Crippen molar-refractivity contribution in [2.24, 2.45) is 5.92 Å². The number of carboxylic acid groups (broad SMARTS) is 1. The number of amides is 2. The van der Waals surface area contributed by atoms with Crippen LogP contribution in [0.1, 0.15) is 26.7 Å². The van der Waals surface area contributed by atoms with Crippen LogP contribution in [0.4, 0.5) is 0 Å². The lowest BCUT2D eigenvalue weighted by Gasteiger charge is -2.43. The highest BCUT2D eigenvalue weighted by molar-refractivity contribution is 8.01. The molecule has 9 heteroatoms. The van der Waals surface area contributed by atoms with Gasteiger partial charge in [-0.25, -0.2) is 4.79 Å². The molecule has 23 heavy (non-hydrogen) atoms. The van der Waals surface area contributed by atoms with Crippen molar-refractivity contribution in [1.82, 2.24) is 10.2 Å². The van der Waals surface area contributed by atoms with Crippen molar-refractivity contribution in [3.63, 3.8) is 0 Å². The molecule has 0 aromatic rings. The molecule has 128 valence electrons. The number of nitrogens with one attached hydrogen (secondary N) is 1. The van der Waals surface area contributed by atoms with Crippen LogP contribution >= 0.6 is 35.0 Å². The summed E-state index contributed by atoms with van der Waals surface area (Å²) in [6.45, 7) is 3.60. The first kappa shape index (κ1) is 17.2. The van der Waals surface area contributed by atoms with Gasteiger partial charge in [0.05, 0.1) is 10.8 Å². The van der Waals surface area contributed by atoms with Gasteiger partial charge in [0.25, 0.3) is 0 Å². The number of carboxylic acids is 1. The van der Waals surface area contributed by atoms with Gasteiger partial charge in [0, 0.05) is 10.7 Å². The highest BCUT2D eigenvalue weighted by Gasteiger charge is 2.64. The number of rotatable bonds is 3. The number of carbonyl (C=O) groups excluding carboxylic acids is 2. The van der Waals surface area contributed by atoms with E-state index in [1.54, 1.807) is 13.8 Å². The molecule has 6 nitrogen and oxygen atoms in total. The Kier molecular flexibility index (Phi) is 4.26. The van der Waals surface area contributed by atoms with Crippen LogP contribution in [0.25, 0.3) is 0 Å². The largest absolute Gasteiger partial charge is 0.480 e. The summed E-state index contributed by atoms with van der Waals surface area (Å²) in [6.07, 6.45) is 0.987. The molecule has 1 saturated carbocycles. The van der Waals surface area contributed by atoms with E-state index in [9.17, 15) is 19.5 Å². The fourth-order valence-electron chi connectivity index (χ4n) is 3.57. The Morgan fingerprint density at radius 2 is 1.87 bits per heavy atom. The van der Waals surface area contributed by atoms with Crippen molar-refractivity contribution in [3.8, 4) is 0 Å². The van der Waals surface area contributed by atoms with E-state index in [1.165, 1.54) is 16.7 Å². The van der Waals surface area contributed by atoms with Crippen LogP contribution in [-0.4, -0.2) is 60.7 Å². The molecule has 3 fully saturated rings. The number of fused-ring (bicyclic) bond motifs is 1. The molecular formula is C14H18Cl2N2O4S.